The summed E-state index contributed by atoms with van der Waals surface area (Å²) in [4.78, 5) is 0.360. The van der Waals surface area contributed by atoms with E-state index in [0.29, 0.717) is 4.90 Å². The Balaban J connectivity index is 2.17. The topological polar surface area (TPSA) is 34.1 Å². The highest BCUT2D eigenvalue weighted by Crippen LogP contribution is 2.32. The summed E-state index contributed by atoms with van der Waals surface area (Å²) in [6.45, 7) is 6.40. The van der Waals surface area contributed by atoms with Gasteiger partial charge < -0.3 is 0 Å². The van der Waals surface area contributed by atoms with E-state index in [1.165, 1.54) is 28.5 Å². The van der Waals surface area contributed by atoms with Gasteiger partial charge in [-0.3, -0.25) is 0 Å². The molecule has 27 heavy (non-hydrogen) atoms. The van der Waals surface area contributed by atoms with Gasteiger partial charge in [-0.25, -0.2) is 8.42 Å². The van der Waals surface area contributed by atoms with E-state index < -0.39 is 9.84 Å². The second-order valence-corrected chi connectivity index (χ2v) is 9.24. The van der Waals surface area contributed by atoms with Crippen LogP contribution >= 0.6 is 0 Å². The van der Waals surface area contributed by atoms with E-state index in [1.807, 2.05) is 12.1 Å². The van der Waals surface area contributed by atoms with E-state index in [-0.39, 0.29) is 0 Å². The third kappa shape index (κ3) is 4.30. The van der Waals surface area contributed by atoms with E-state index in [0.717, 1.165) is 29.5 Å². The summed E-state index contributed by atoms with van der Waals surface area (Å²) in [6.07, 6.45) is 3.26. The van der Waals surface area contributed by atoms with Crippen LogP contribution in [0.25, 0.3) is 22.3 Å². The minimum absolute atomic E-state index is 0.360. The van der Waals surface area contributed by atoms with Crippen molar-refractivity contribution in [3.63, 3.8) is 0 Å². The average Bonchev–Trinajstić information content (AvgIpc) is 2.64. The lowest BCUT2D eigenvalue weighted by atomic mass is 9.92. The summed E-state index contributed by atoms with van der Waals surface area (Å²) in [5.41, 5.74) is 8.19. The highest BCUT2D eigenvalue weighted by atomic mass is 32.2. The lowest BCUT2D eigenvalue weighted by Gasteiger charge is -2.14. The van der Waals surface area contributed by atoms with E-state index in [9.17, 15) is 8.42 Å². The van der Waals surface area contributed by atoms with Gasteiger partial charge >= 0.3 is 0 Å². The molecule has 0 atom stereocenters. The third-order valence-electron chi connectivity index (χ3n) is 5.04. The van der Waals surface area contributed by atoms with E-state index >= 15 is 0 Å². The maximum atomic E-state index is 12.0. The summed E-state index contributed by atoms with van der Waals surface area (Å²) >= 11 is 0. The quantitative estimate of drug-likeness (QED) is 0.546. The van der Waals surface area contributed by atoms with Crippen LogP contribution in [0.5, 0.6) is 0 Å². The first-order valence-electron chi connectivity index (χ1n) is 9.30. The molecule has 0 saturated heterocycles. The normalized spacial score (nSPS) is 11.6. The maximum absolute atomic E-state index is 12.0. The highest BCUT2D eigenvalue weighted by Gasteiger charge is 2.12. The number of rotatable bonds is 5. The molecule has 0 saturated carbocycles. The zero-order chi connectivity index (χ0) is 19.6. The smallest absolute Gasteiger partial charge is 0.175 e. The molecule has 3 aromatic carbocycles. The number of benzene rings is 3. The second-order valence-electron chi connectivity index (χ2n) is 7.22. The van der Waals surface area contributed by atoms with Crippen LogP contribution in [0, 0.1) is 13.8 Å². The van der Waals surface area contributed by atoms with E-state index in [4.69, 9.17) is 0 Å². The molecule has 0 aliphatic rings. The molecule has 0 aromatic heterocycles. The van der Waals surface area contributed by atoms with Crippen molar-refractivity contribution >= 4 is 9.84 Å². The Labute approximate surface area is 162 Å². The molecule has 3 heteroatoms. The molecule has 0 bridgehead atoms. The first kappa shape index (κ1) is 19.4. The van der Waals surface area contributed by atoms with Gasteiger partial charge in [-0.15, -0.1) is 0 Å². The summed E-state index contributed by atoms with van der Waals surface area (Å²) in [7, 11) is -3.23. The summed E-state index contributed by atoms with van der Waals surface area (Å²) in [5, 5.41) is 0. The molecule has 0 amide bonds. The molecule has 0 unspecified atom stereocenters. The molecule has 0 spiro atoms. The van der Waals surface area contributed by atoms with Crippen molar-refractivity contribution in [1.29, 1.82) is 0 Å². The Morgan fingerprint density at radius 3 is 2.15 bits per heavy atom. The fourth-order valence-corrected chi connectivity index (χ4v) is 3.99. The monoisotopic (exact) mass is 378 g/mol. The van der Waals surface area contributed by atoms with Crippen LogP contribution < -0.4 is 0 Å². The van der Waals surface area contributed by atoms with Crippen molar-refractivity contribution in [3.8, 4) is 22.3 Å². The molecular weight excluding hydrogens is 352 g/mol. The molecule has 0 N–H and O–H groups in total. The van der Waals surface area contributed by atoms with Gasteiger partial charge in [0, 0.05) is 6.26 Å². The molecule has 140 valence electrons. The zero-order valence-electron chi connectivity index (χ0n) is 16.4. The lowest BCUT2D eigenvalue weighted by molar-refractivity contribution is 0.602. The predicted molar refractivity (Wildman–Crippen MR) is 114 cm³/mol. The minimum atomic E-state index is -3.23. The van der Waals surface area contributed by atoms with Gasteiger partial charge in [-0.2, -0.15) is 0 Å². The van der Waals surface area contributed by atoms with E-state index in [2.05, 4.69) is 57.2 Å². The van der Waals surface area contributed by atoms with Crippen LogP contribution in [0.2, 0.25) is 0 Å². The van der Waals surface area contributed by atoms with Crippen molar-refractivity contribution in [3.05, 3.63) is 77.4 Å². The van der Waals surface area contributed by atoms with Gasteiger partial charge in [0.25, 0.3) is 0 Å². The first-order chi connectivity index (χ1) is 12.8. The summed E-state index contributed by atoms with van der Waals surface area (Å²) in [6, 6.07) is 20.3. The molecule has 0 aliphatic carbocycles. The van der Waals surface area contributed by atoms with Gasteiger partial charge in [0.15, 0.2) is 9.84 Å². The van der Waals surface area contributed by atoms with Gasteiger partial charge in [0.05, 0.1) is 4.90 Å². The average molecular weight is 379 g/mol. The van der Waals surface area contributed by atoms with Crippen LogP contribution in [0.3, 0.4) is 0 Å². The minimum Gasteiger partial charge on any atom is -0.224 e. The molecule has 0 fully saturated rings. The largest absolute Gasteiger partial charge is 0.224 e. The fourth-order valence-electron chi connectivity index (χ4n) is 3.33. The number of sulfone groups is 1. The maximum Gasteiger partial charge on any atom is 0.175 e. The fraction of sp³-hybridized carbons (Fsp3) is 0.250. The van der Waals surface area contributed by atoms with Gasteiger partial charge in [0.1, 0.15) is 0 Å². The summed E-state index contributed by atoms with van der Waals surface area (Å²) in [5.74, 6) is 0. The predicted octanol–water partition coefficient (Wildman–Crippen LogP) is 5.99. The highest BCUT2D eigenvalue weighted by molar-refractivity contribution is 7.90. The summed E-state index contributed by atoms with van der Waals surface area (Å²) < 4.78 is 24.0. The lowest BCUT2D eigenvalue weighted by Crippen LogP contribution is -1.98. The Morgan fingerprint density at radius 2 is 1.48 bits per heavy atom. The van der Waals surface area contributed by atoms with Gasteiger partial charge in [-0.05, 0) is 77.4 Å². The van der Waals surface area contributed by atoms with Crippen molar-refractivity contribution < 1.29 is 8.42 Å². The van der Waals surface area contributed by atoms with Gasteiger partial charge in [0.2, 0.25) is 0 Å². The number of hydrogen-bond acceptors (Lipinski definition) is 2. The van der Waals surface area contributed by atoms with Crippen LogP contribution in [-0.2, 0) is 16.3 Å². The molecule has 3 aromatic rings. The SMILES string of the molecule is CCCc1ccc(-c2ccc(C)c(C)c2)cc1-c1cccc(S(C)(=O)=O)c1. The molecular formula is C24H26O2S. The Kier molecular flexibility index (Phi) is 5.52. The molecule has 0 radical (unpaired) electrons. The number of hydrogen-bond donors (Lipinski definition) is 0. The van der Waals surface area contributed by atoms with Crippen molar-refractivity contribution in [1.82, 2.24) is 0 Å². The molecule has 0 aliphatic heterocycles. The van der Waals surface area contributed by atoms with Crippen LogP contribution in [0.4, 0.5) is 0 Å². The molecule has 3 rings (SSSR count). The molecule has 0 heterocycles. The van der Waals surface area contributed by atoms with Crippen LogP contribution in [0.15, 0.2) is 65.6 Å². The van der Waals surface area contributed by atoms with Gasteiger partial charge in [-0.1, -0.05) is 55.8 Å². The van der Waals surface area contributed by atoms with Crippen molar-refractivity contribution in [2.75, 3.05) is 6.26 Å². The Bertz CT molecular complexity index is 1080. The standard InChI is InChI=1S/C24H26O2S/c1-5-7-19-12-13-21(20-11-10-17(2)18(3)14-20)16-24(19)22-8-6-9-23(15-22)27(4,25)26/h6,8-16H,5,7H2,1-4H3. The molecule has 2 nitrogen and oxygen atoms in total. The van der Waals surface area contributed by atoms with E-state index in [1.54, 1.807) is 12.1 Å². The second kappa shape index (κ2) is 7.69. The van der Waals surface area contributed by atoms with Crippen molar-refractivity contribution in [2.24, 2.45) is 0 Å². The third-order valence-corrected chi connectivity index (χ3v) is 6.15. The Hall–Kier alpha value is -2.39. The Morgan fingerprint density at radius 1 is 0.778 bits per heavy atom. The number of aryl methyl sites for hydroxylation is 3. The van der Waals surface area contributed by atoms with Crippen molar-refractivity contribution in [2.45, 2.75) is 38.5 Å². The van der Waals surface area contributed by atoms with Crippen LogP contribution in [0.1, 0.15) is 30.0 Å². The zero-order valence-corrected chi connectivity index (χ0v) is 17.2. The van der Waals surface area contributed by atoms with Crippen LogP contribution in [-0.4, -0.2) is 14.7 Å². The first-order valence-corrected chi connectivity index (χ1v) is 11.2.